The van der Waals surface area contributed by atoms with Gasteiger partial charge in [0.2, 0.25) is 0 Å². The number of rotatable bonds is 4. The fourth-order valence-corrected chi connectivity index (χ4v) is 0.542. The molecule has 0 aromatic heterocycles. The molecule has 0 aromatic rings. The average Bonchev–Trinajstić information content (AvgIpc) is 2.16. The molecule has 0 bridgehead atoms. The third-order valence-corrected chi connectivity index (χ3v) is 1.17. The maximum absolute atomic E-state index is 8.83. The number of hydrogen-bond acceptors (Lipinski definition) is 5. The number of allylic oxidation sites excluding steroid dienone is 2. The van der Waals surface area contributed by atoms with Gasteiger partial charge in [-0.2, -0.15) is 10.5 Å². The van der Waals surface area contributed by atoms with Crippen molar-refractivity contribution in [2.75, 3.05) is 6.54 Å². The number of nitriles is 2. The van der Waals surface area contributed by atoms with E-state index in [1.807, 2.05) is 0 Å². The van der Waals surface area contributed by atoms with Crippen LogP contribution in [0.5, 0.6) is 0 Å². The zero-order valence-corrected chi connectivity index (χ0v) is 7.73. The molecule has 0 aliphatic rings. The second kappa shape index (κ2) is 6.46. The predicted octanol–water partition coefficient (Wildman–Crippen LogP) is -0.797. The van der Waals surface area contributed by atoms with Crippen LogP contribution in [0.25, 0.3) is 0 Å². The van der Waals surface area contributed by atoms with Crippen LogP contribution in [0.2, 0.25) is 0 Å². The highest BCUT2D eigenvalue weighted by molar-refractivity contribution is 5.60. The number of nitrogens with one attached hydrogen (secondary N) is 1. The number of aliphatic imine (C=N–C) groups is 1. The SMILES string of the molecule is C[C@@H](O)CN=CN/C(C#N)=C(\N)C#N. The van der Waals surface area contributed by atoms with Crippen LogP contribution in [0.1, 0.15) is 6.92 Å². The third kappa shape index (κ3) is 4.75. The Morgan fingerprint density at radius 3 is 2.71 bits per heavy atom. The van der Waals surface area contributed by atoms with Gasteiger partial charge in [0, 0.05) is 0 Å². The van der Waals surface area contributed by atoms with Gasteiger partial charge in [0.15, 0.2) is 5.70 Å². The molecule has 0 aromatic carbocycles. The second-order valence-electron chi connectivity index (χ2n) is 2.50. The molecule has 0 saturated carbocycles. The molecule has 6 nitrogen and oxygen atoms in total. The lowest BCUT2D eigenvalue weighted by atomic mass is 10.4. The Bertz CT molecular complexity index is 318. The lowest BCUT2D eigenvalue weighted by Crippen LogP contribution is -2.16. The summed E-state index contributed by atoms with van der Waals surface area (Å²) in [4.78, 5) is 3.74. The topological polar surface area (TPSA) is 118 Å². The lowest BCUT2D eigenvalue weighted by Gasteiger charge is -1.99. The van der Waals surface area contributed by atoms with Crippen LogP contribution in [0.4, 0.5) is 0 Å². The molecule has 14 heavy (non-hydrogen) atoms. The third-order valence-electron chi connectivity index (χ3n) is 1.17. The molecular weight excluding hydrogens is 182 g/mol. The molecule has 0 saturated heterocycles. The first-order chi connectivity index (χ1) is 6.61. The van der Waals surface area contributed by atoms with Gasteiger partial charge in [0.1, 0.15) is 17.8 Å². The van der Waals surface area contributed by atoms with E-state index in [9.17, 15) is 0 Å². The number of nitrogens with two attached hydrogens (primary N) is 1. The van der Waals surface area contributed by atoms with Gasteiger partial charge < -0.3 is 16.2 Å². The highest BCUT2D eigenvalue weighted by Gasteiger charge is 1.98. The molecule has 0 rings (SSSR count). The van der Waals surface area contributed by atoms with Crippen molar-refractivity contribution in [3.05, 3.63) is 11.4 Å². The average molecular weight is 193 g/mol. The molecule has 0 unspecified atom stereocenters. The van der Waals surface area contributed by atoms with E-state index in [2.05, 4.69) is 10.3 Å². The summed E-state index contributed by atoms with van der Waals surface area (Å²) >= 11 is 0. The number of aliphatic hydroxyl groups excluding tert-OH is 1. The molecule has 0 amide bonds. The fraction of sp³-hybridized carbons (Fsp3) is 0.375. The van der Waals surface area contributed by atoms with Crippen LogP contribution >= 0.6 is 0 Å². The van der Waals surface area contributed by atoms with Crippen molar-refractivity contribution in [1.82, 2.24) is 5.32 Å². The summed E-state index contributed by atoms with van der Waals surface area (Å²) in [7, 11) is 0. The van der Waals surface area contributed by atoms with Gasteiger partial charge in [-0.05, 0) is 6.92 Å². The molecule has 0 spiro atoms. The number of nitrogens with zero attached hydrogens (tertiary/aromatic N) is 3. The summed E-state index contributed by atoms with van der Waals surface area (Å²) in [5.74, 6) is 0. The van der Waals surface area contributed by atoms with Crippen LogP contribution in [0, 0.1) is 22.7 Å². The van der Waals surface area contributed by atoms with Crippen molar-refractivity contribution in [3.8, 4) is 12.1 Å². The normalized spacial score (nSPS) is 14.0. The van der Waals surface area contributed by atoms with Crippen molar-refractivity contribution in [1.29, 1.82) is 10.5 Å². The summed E-state index contributed by atoms with van der Waals surface area (Å²) in [6.07, 6.45) is 0.672. The van der Waals surface area contributed by atoms with Crippen molar-refractivity contribution < 1.29 is 5.11 Å². The molecule has 0 fully saturated rings. The summed E-state index contributed by atoms with van der Waals surface area (Å²) in [6, 6.07) is 3.34. The highest BCUT2D eigenvalue weighted by atomic mass is 16.3. The Hall–Kier alpha value is -2.05. The first kappa shape index (κ1) is 11.9. The van der Waals surface area contributed by atoms with Crippen LogP contribution in [-0.4, -0.2) is 24.1 Å². The second-order valence-corrected chi connectivity index (χ2v) is 2.50. The van der Waals surface area contributed by atoms with E-state index >= 15 is 0 Å². The molecule has 0 aliphatic carbocycles. The van der Waals surface area contributed by atoms with E-state index in [1.165, 1.54) is 6.34 Å². The quantitative estimate of drug-likeness (QED) is 0.307. The molecule has 0 radical (unpaired) electrons. The van der Waals surface area contributed by atoms with E-state index in [1.54, 1.807) is 19.1 Å². The van der Waals surface area contributed by atoms with Gasteiger partial charge >= 0.3 is 0 Å². The summed E-state index contributed by atoms with van der Waals surface area (Å²) < 4.78 is 0. The van der Waals surface area contributed by atoms with Gasteiger partial charge in [-0.3, -0.25) is 4.99 Å². The first-order valence-electron chi connectivity index (χ1n) is 3.84. The van der Waals surface area contributed by atoms with Gasteiger partial charge in [0.25, 0.3) is 0 Å². The van der Waals surface area contributed by atoms with E-state index in [4.69, 9.17) is 21.4 Å². The Balaban J connectivity index is 4.20. The van der Waals surface area contributed by atoms with Crippen molar-refractivity contribution in [2.24, 2.45) is 10.7 Å². The minimum atomic E-state index is -0.545. The van der Waals surface area contributed by atoms with E-state index < -0.39 is 6.10 Å². The van der Waals surface area contributed by atoms with Crippen LogP contribution in [0.15, 0.2) is 16.4 Å². The lowest BCUT2D eigenvalue weighted by molar-refractivity contribution is 0.204. The van der Waals surface area contributed by atoms with E-state index in [0.29, 0.717) is 0 Å². The minimum absolute atomic E-state index is 0.0538. The molecule has 4 N–H and O–H groups in total. The summed E-state index contributed by atoms with van der Waals surface area (Å²) in [6.45, 7) is 1.81. The van der Waals surface area contributed by atoms with Crippen molar-refractivity contribution >= 4 is 6.34 Å². The molecule has 0 heterocycles. The summed E-state index contributed by atoms with van der Waals surface area (Å²) in [5, 5.41) is 28.2. The number of aliphatic hydroxyl groups is 1. The van der Waals surface area contributed by atoms with Crippen molar-refractivity contribution in [2.45, 2.75) is 13.0 Å². The largest absolute Gasteiger partial charge is 0.391 e. The molecule has 1 atom stereocenters. The zero-order chi connectivity index (χ0) is 11.0. The molecular formula is C8H11N5O. The maximum Gasteiger partial charge on any atom is 0.152 e. The first-order valence-corrected chi connectivity index (χ1v) is 3.84. The smallest absolute Gasteiger partial charge is 0.152 e. The highest BCUT2D eigenvalue weighted by Crippen LogP contribution is 1.89. The van der Waals surface area contributed by atoms with Gasteiger partial charge in [-0.15, -0.1) is 0 Å². The molecule has 74 valence electrons. The molecule has 0 aliphatic heterocycles. The number of hydrogen-bond donors (Lipinski definition) is 3. The maximum atomic E-state index is 8.83. The van der Waals surface area contributed by atoms with Crippen LogP contribution < -0.4 is 11.1 Å². The minimum Gasteiger partial charge on any atom is -0.391 e. The van der Waals surface area contributed by atoms with Gasteiger partial charge in [-0.1, -0.05) is 0 Å². The summed E-state index contributed by atoms with van der Waals surface area (Å²) in [5.41, 5.74) is 4.94. The Morgan fingerprint density at radius 1 is 1.64 bits per heavy atom. The predicted molar refractivity (Wildman–Crippen MR) is 50.6 cm³/mol. The monoisotopic (exact) mass is 193 g/mol. The Morgan fingerprint density at radius 2 is 2.29 bits per heavy atom. The van der Waals surface area contributed by atoms with E-state index in [0.717, 1.165) is 0 Å². The standard InChI is InChI=1S/C8H11N5O/c1-6(14)4-12-5-13-8(3-10)7(11)2-9/h5-6,14H,4,11H2,1H3,(H,12,13)/b8-7-/t6-/m1/s1. The van der Waals surface area contributed by atoms with Gasteiger partial charge in [-0.25, -0.2) is 0 Å². The fourth-order valence-electron chi connectivity index (χ4n) is 0.542. The van der Waals surface area contributed by atoms with Crippen LogP contribution in [0.3, 0.4) is 0 Å². The van der Waals surface area contributed by atoms with Crippen molar-refractivity contribution in [3.63, 3.8) is 0 Å². The molecule has 6 heteroatoms. The zero-order valence-electron chi connectivity index (χ0n) is 7.73. The Labute approximate surface area is 82.0 Å². The van der Waals surface area contributed by atoms with E-state index in [-0.39, 0.29) is 17.9 Å². The van der Waals surface area contributed by atoms with Gasteiger partial charge in [0.05, 0.1) is 19.0 Å². The van der Waals surface area contributed by atoms with Crippen LogP contribution in [-0.2, 0) is 0 Å². The Kier molecular flexibility index (Phi) is 5.52.